The first-order valence-electron chi connectivity index (χ1n) is 5.67. The van der Waals surface area contributed by atoms with E-state index in [1.165, 1.54) is 4.90 Å². The summed E-state index contributed by atoms with van der Waals surface area (Å²) in [6, 6.07) is -0.323. The summed E-state index contributed by atoms with van der Waals surface area (Å²) in [7, 11) is 1.80. The van der Waals surface area contributed by atoms with E-state index in [0.717, 1.165) is 15.9 Å². The van der Waals surface area contributed by atoms with Crippen LogP contribution in [0.5, 0.6) is 0 Å². The molecule has 1 aliphatic rings. The molecule has 1 aliphatic heterocycles. The van der Waals surface area contributed by atoms with Crippen LogP contribution in [0, 0.1) is 6.92 Å². The van der Waals surface area contributed by atoms with Gasteiger partial charge in [-0.1, -0.05) is 0 Å². The van der Waals surface area contributed by atoms with Gasteiger partial charge >= 0.3 is 0 Å². The third-order valence-electron chi connectivity index (χ3n) is 3.07. The lowest BCUT2D eigenvalue weighted by atomic mass is 10.2. The molecule has 2 heterocycles. The number of rotatable bonds is 2. The van der Waals surface area contributed by atoms with Crippen molar-refractivity contribution >= 4 is 27.7 Å². The first kappa shape index (κ1) is 13.2. The quantitative estimate of drug-likeness (QED) is 0.799. The molecule has 0 aromatic carbocycles. The molecule has 2 amide bonds. The summed E-state index contributed by atoms with van der Waals surface area (Å²) >= 11 is 3.43. The van der Waals surface area contributed by atoms with Gasteiger partial charge in [-0.2, -0.15) is 5.10 Å². The molecular weight excluding hydrogens is 300 g/mol. The molecule has 1 fully saturated rings. The van der Waals surface area contributed by atoms with Crippen molar-refractivity contribution < 1.29 is 9.59 Å². The first-order chi connectivity index (χ1) is 8.41. The van der Waals surface area contributed by atoms with Crippen molar-refractivity contribution in [3.63, 3.8) is 0 Å². The average molecular weight is 315 g/mol. The molecule has 6 nitrogen and oxygen atoms in total. The van der Waals surface area contributed by atoms with Crippen LogP contribution in [0.2, 0.25) is 0 Å². The number of piperazine rings is 1. The minimum Gasteiger partial charge on any atom is -0.298 e. The molecule has 1 N–H and O–H groups in total. The van der Waals surface area contributed by atoms with Gasteiger partial charge in [0.1, 0.15) is 0 Å². The van der Waals surface area contributed by atoms with E-state index < -0.39 is 0 Å². The summed E-state index contributed by atoms with van der Waals surface area (Å²) in [5.41, 5.74) is 1.67. The zero-order valence-corrected chi connectivity index (χ0v) is 12.1. The van der Waals surface area contributed by atoms with Gasteiger partial charge in [-0.05, 0) is 29.8 Å². The van der Waals surface area contributed by atoms with Gasteiger partial charge in [0, 0.05) is 7.05 Å². The topological polar surface area (TPSA) is 67.2 Å². The summed E-state index contributed by atoms with van der Waals surface area (Å²) in [5.74, 6) is -0.402. The summed E-state index contributed by atoms with van der Waals surface area (Å²) < 4.78 is 2.53. The lowest BCUT2D eigenvalue weighted by Gasteiger charge is -2.29. The molecule has 0 radical (unpaired) electrons. The highest BCUT2D eigenvalue weighted by atomic mass is 79.9. The number of nitrogens with one attached hydrogen (secondary N) is 1. The number of carbonyl (C=O) groups is 2. The van der Waals surface area contributed by atoms with Gasteiger partial charge in [-0.15, -0.1) is 0 Å². The van der Waals surface area contributed by atoms with Crippen molar-refractivity contribution in [2.45, 2.75) is 26.4 Å². The van der Waals surface area contributed by atoms with E-state index in [4.69, 9.17) is 0 Å². The Labute approximate surface area is 113 Å². The van der Waals surface area contributed by atoms with E-state index in [1.807, 2.05) is 6.92 Å². The Hall–Kier alpha value is -1.21. The second-order valence-corrected chi connectivity index (χ2v) is 5.18. The van der Waals surface area contributed by atoms with Crippen molar-refractivity contribution in [3.05, 3.63) is 15.9 Å². The number of hydrogen-bond acceptors (Lipinski definition) is 4. The van der Waals surface area contributed by atoms with Gasteiger partial charge in [-0.3, -0.25) is 24.5 Å². The number of imide groups is 1. The normalized spacial score (nSPS) is 20.7. The van der Waals surface area contributed by atoms with Crippen LogP contribution in [0.15, 0.2) is 4.47 Å². The molecule has 0 bridgehead atoms. The van der Waals surface area contributed by atoms with Crippen molar-refractivity contribution in [2.75, 3.05) is 6.54 Å². The van der Waals surface area contributed by atoms with Crippen LogP contribution in [0.4, 0.5) is 0 Å². The molecule has 0 saturated carbocycles. The Morgan fingerprint density at radius 2 is 2.17 bits per heavy atom. The molecule has 2 rings (SSSR count). The number of carbonyl (C=O) groups excluding carboxylic acids is 2. The minimum absolute atomic E-state index is 0.196. The van der Waals surface area contributed by atoms with Gasteiger partial charge in [0.2, 0.25) is 11.8 Å². The van der Waals surface area contributed by atoms with Crippen LogP contribution in [0.25, 0.3) is 0 Å². The maximum absolute atomic E-state index is 12.0. The molecule has 7 heteroatoms. The van der Waals surface area contributed by atoms with Gasteiger partial charge in [-0.25, -0.2) is 0 Å². The fourth-order valence-corrected chi connectivity index (χ4v) is 2.41. The van der Waals surface area contributed by atoms with Crippen LogP contribution < -0.4 is 5.32 Å². The SMILES string of the molecule is Cc1nn(C)c(CN2C(=O)CNC(C)C2=O)c1Br. The van der Waals surface area contributed by atoms with Crippen LogP contribution in [0.3, 0.4) is 0 Å². The molecule has 1 aromatic rings. The predicted octanol–water partition coefficient (Wildman–Crippen LogP) is 0.338. The van der Waals surface area contributed by atoms with E-state index in [-0.39, 0.29) is 30.9 Å². The van der Waals surface area contributed by atoms with E-state index in [2.05, 4.69) is 26.3 Å². The fraction of sp³-hybridized carbons (Fsp3) is 0.545. The van der Waals surface area contributed by atoms with Crippen LogP contribution >= 0.6 is 15.9 Å². The summed E-state index contributed by atoms with van der Waals surface area (Å²) in [4.78, 5) is 25.0. The molecular formula is C11H15BrN4O2. The highest BCUT2D eigenvalue weighted by Gasteiger charge is 2.32. The zero-order chi connectivity index (χ0) is 13.4. The predicted molar refractivity (Wildman–Crippen MR) is 68.7 cm³/mol. The molecule has 0 spiro atoms. The second-order valence-electron chi connectivity index (χ2n) is 4.39. The molecule has 1 atom stereocenters. The van der Waals surface area contributed by atoms with E-state index in [0.29, 0.717) is 0 Å². The Morgan fingerprint density at radius 1 is 1.50 bits per heavy atom. The van der Waals surface area contributed by atoms with Crippen LogP contribution in [-0.4, -0.2) is 39.1 Å². The number of nitrogens with zero attached hydrogens (tertiary/aromatic N) is 3. The highest BCUT2D eigenvalue weighted by molar-refractivity contribution is 9.10. The van der Waals surface area contributed by atoms with E-state index in [9.17, 15) is 9.59 Å². The number of aryl methyl sites for hydroxylation is 2. The molecule has 1 saturated heterocycles. The van der Waals surface area contributed by atoms with Crippen molar-refractivity contribution in [3.8, 4) is 0 Å². The van der Waals surface area contributed by atoms with Gasteiger partial charge in [0.25, 0.3) is 0 Å². The highest BCUT2D eigenvalue weighted by Crippen LogP contribution is 2.22. The van der Waals surface area contributed by atoms with Crippen LogP contribution in [-0.2, 0) is 23.2 Å². The fourth-order valence-electron chi connectivity index (χ4n) is 1.95. The standard InChI is InChI=1S/C11H15BrN4O2/c1-6-10(12)8(15(3)14-6)5-16-9(17)4-13-7(2)11(16)18/h7,13H,4-5H2,1-3H3. The Bertz CT molecular complexity index is 511. The molecule has 0 aliphatic carbocycles. The maximum atomic E-state index is 12.0. The summed E-state index contributed by atoms with van der Waals surface area (Å²) in [6.07, 6.45) is 0. The number of hydrogen-bond donors (Lipinski definition) is 1. The number of halogens is 1. The molecule has 1 unspecified atom stereocenters. The minimum atomic E-state index is -0.323. The first-order valence-corrected chi connectivity index (χ1v) is 6.46. The Kier molecular flexibility index (Phi) is 3.54. The maximum Gasteiger partial charge on any atom is 0.246 e. The van der Waals surface area contributed by atoms with E-state index >= 15 is 0 Å². The van der Waals surface area contributed by atoms with Crippen molar-refractivity contribution in [1.82, 2.24) is 20.0 Å². The second kappa shape index (κ2) is 4.81. The Morgan fingerprint density at radius 3 is 2.72 bits per heavy atom. The summed E-state index contributed by atoms with van der Waals surface area (Å²) in [5, 5.41) is 7.11. The third kappa shape index (κ3) is 2.20. The Balaban J connectivity index is 2.27. The monoisotopic (exact) mass is 314 g/mol. The van der Waals surface area contributed by atoms with Gasteiger partial charge in [0.05, 0.1) is 35.0 Å². The molecule has 18 heavy (non-hydrogen) atoms. The lowest BCUT2D eigenvalue weighted by molar-refractivity contribution is -0.149. The van der Waals surface area contributed by atoms with E-state index in [1.54, 1.807) is 18.7 Å². The van der Waals surface area contributed by atoms with Crippen molar-refractivity contribution in [2.24, 2.45) is 7.05 Å². The largest absolute Gasteiger partial charge is 0.298 e. The zero-order valence-electron chi connectivity index (χ0n) is 10.5. The number of amides is 2. The lowest BCUT2D eigenvalue weighted by Crippen LogP contribution is -2.56. The van der Waals surface area contributed by atoms with Crippen molar-refractivity contribution in [1.29, 1.82) is 0 Å². The molecule has 1 aromatic heterocycles. The average Bonchev–Trinajstić information content (AvgIpc) is 2.55. The van der Waals surface area contributed by atoms with Gasteiger partial charge < -0.3 is 0 Å². The number of aromatic nitrogens is 2. The third-order valence-corrected chi connectivity index (χ3v) is 4.10. The summed E-state index contributed by atoms with van der Waals surface area (Å²) in [6.45, 7) is 4.08. The van der Waals surface area contributed by atoms with Gasteiger partial charge in [0.15, 0.2) is 0 Å². The molecule has 98 valence electrons. The smallest absolute Gasteiger partial charge is 0.246 e. The van der Waals surface area contributed by atoms with Crippen LogP contribution in [0.1, 0.15) is 18.3 Å².